The molecular weight excluding hydrogens is 303 g/mol. The summed E-state index contributed by atoms with van der Waals surface area (Å²) in [4.78, 5) is 8.49. The van der Waals surface area contributed by atoms with Gasteiger partial charge in [-0.05, 0) is 24.3 Å². The molecule has 0 heterocycles. The molecule has 2 rings (SSSR count). The van der Waals surface area contributed by atoms with E-state index in [4.69, 9.17) is 0 Å². The zero-order valence-corrected chi connectivity index (χ0v) is 10.7. The normalized spacial score (nSPS) is 10.6. The molecule has 0 radical (unpaired) electrons. The van der Waals surface area contributed by atoms with Gasteiger partial charge in [0.25, 0.3) is 0 Å². The molecular formula is C14H12N2Pd. The number of benzene rings is 2. The molecule has 0 bridgehead atoms. The fraction of sp³-hybridized carbons (Fsp3) is 0. The van der Waals surface area contributed by atoms with E-state index in [1.54, 1.807) is 12.4 Å². The number of hydrogen-bond donors (Lipinski definition) is 0. The summed E-state index contributed by atoms with van der Waals surface area (Å²) in [7, 11) is 0. The van der Waals surface area contributed by atoms with E-state index in [2.05, 4.69) is 9.98 Å². The second-order valence-electron chi connectivity index (χ2n) is 3.23. The molecule has 2 aromatic carbocycles. The predicted molar refractivity (Wildman–Crippen MR) is 69.2 cm³/mol. The second kappa shape index (κ2) is 7.67. The molecule has 0 amide bonds. The van der Waals surface area contributed by atoms with E-state index in [1.165, 1.54) is 0 Å². The molecule has 3 heteroatoms. The molecule has 0 spiro atoms. The molecule has 17 heavy (non-hydrogen) atoms. The van der Waals surface area contributed by atoms with Gasteiger partial charge in [0.1, 0.15) is 0 Å². The van der Waals surface area contributed by atoms with Crippen molar-refractivity contribution in [3.8, 4) is 0 Å². The first kappa shape index (κ1) is 13.5. The Labute approximate surface area is 115 Å². The number of para-hydroxylation sites is 2. The van der Waals surface area contributed by atoms with Crippen LogP contribution in [0.25, 0.3) is 0 Å². The number of rotatable bonds is 3. The number of hydrogen-bond acceptors (Lipinski definition) is 2. The second-order valence-corrected chi connectivity index (χ2v) is 3.23. The Balaban J connectivity index is 0.00000144. The molecule has 88 valence electrons. The third kappa shape index (κ3) is 4.86. The van der Waals surface area contributed by atoms with E-state index < -0.39 is 0 Å². The molecule has 0 aliphatic carbocycles. The van der Waals surface area contributed by atoms with Crippen molar-refractivity contribution in [2.75, 3.05) is 0 Å². The van der Waals surface area contributed by atoms with E-state index >= 15 is 0 Å². The summed E-state index contributed by atoms with van der Waals surface area (Å²) in [5.41, 5.74) is 1.86. The van der Waals surface area contributed by atoms with Gasteiger partial charge in [-0.3, -0.25) is 9.98 Å². The van der Waals surface area contributed by atoms with Crippen LogP contribution in [0, 0.1) is 0 Å². The van der Waals surface area contributed by atoms with Crippen molar-refractivity contribution in [2.45, 2.75) is 0 Å². The third-order valence-electron chi connectivity index (χ3n) is 2.03. The van der Waals surface area contributed by atoms with Crippen LogP contribution < -0.4 is 0 Å². The van der Waals surface area contributed by atoms with Gasteiger partial charge >= 0.3 is 0 Å². The third-order valence-corrected chi connectivity index (χ3v) is 2.03. The first-order valence-corrected chi connectivity index (χ1v) is 5.12. The van der Waals surface area contributed by atoms with Gasteiger partial charge in [-0.1, -0.05) is 36.4 Å². The van der Waals surface area contributed by atoms with Crippen LogP contribution in [0.1, 0.15) is 0 Å². The molecule has 0 atom stereocenters. The van der Waals surface area contributed by atoms with Gasteiger partial charge in [0, 0.05) is 32.9 Å². The van der Waals surface area contributed by atoms with Gasteiger partial charge in [0.15, 0.2) is 0 Å². The van der Waals surface area contributed by atoms with Gasteiger partial charge in [-0.15, -0.1) is 0 Å². The summed E-state index contributed by atoms with van der Waals surface area (Å²) < 4.78 is 0. The smallest absolute Gasteiger partial charge is 0.0630 e. The SMILES string of the molecule is C(C=Nc1ccccc1)=Nc1ccccc1.[Pd]. The van der Waals surface area contributed by atoms with Crippen molar-refractivity contribution in [3.05, 3.63) is 60.7 Å². The Morgan fingerprint density at radius 1 is 0.588 bits per heavy atom. The summed E-state index contributed by atoms with van der Waals surface area (Å²) in [5, 5.41) is 0. The van der Waals surface area contributed by atoms with E-state index in [0.717, 1.165) is 11.4 Å². The fourth-order valence-electron chi connectivity index (χ4n) is 1.27. The minimum absolute atomic E-state index is 0. The Morgan fingerprint density at radius 2 is 0.941 bits per heavy atom. The first-order chi connectivity index (χ1) is 7.95. The Hall–Kier alpha value is -1.56. The zero-order chi connectivity index (χ0) is 11.1. The zero-order valence-electron chi connectivity index (χ0n) is 9.14. The van der Waals surface area contributed by atoms with Crippen molar-refractivity contribution in [2.24, 2.45) is 9.98 Å². The molecule has 2 nitrogen and oxygen atoms in total. The average molecular weight is 315 g/mol. The maximum Gasteiger partial charge on any atom is 0.0630 e. The van der Waals surface area contributed by atoms with Crippen LogP contribution in [0.2, 0.25) is 0 Å². The minimum atomic E-state index is 0. The maximum absolute atomic E-state index is 4.25. The Morgan fingerprint density at radius 3 is 1.29 bits per heavy atom. The van der Waals surface area contributed by atoms with Crippen molar-refractivity contribution in [1.82, 2.24) is 0 Å². The van der Waals surface area contributed by atoms with Gasteiger partial charge < -0.3 is 0 Å². The summed E-state index contributed by atoms with van der Waals surface area (Å²) >= 11 is 0. The quantitative estimate of drug-likeness (QED) is 0.608. The van der Waals surface area contributed by atoms with E-state index in [-0.39, 0.29) is 20.4 Å². The van der Waals surface area contributed by atoms with Gasteiger partial charge in [-0.25, -0.2) is 0 Å². The molecule has 0 fully saturated rings. The molecule has 0 unspecified atom stereocenters. The van der Waals surface area contributed by atoms with Crippen LogP contribution in [0.5, 0.6) is 0 Å². The fourth-order valence-corrected chi connectivity index (χ4v) is 1.27. The van der Waals surface area contributed by atoms with E-state index in [9.17, 15) is 0 Å². The summed E-state index contributed by atoms with van der Waals surface area (Å²) in [6, 6.07) is 19.6. The van der Waals surface area contributed by atoms with Crippen LogP contribution in [-0.2, 0) is 20.4 Å². The molecule has 0 aliphatic heterocycles. The van der Waals surface area contributed by atoms with Gasteiger partial charge in [0.2, 0.25) is 0 Å². The largest absolute Gasteiger partial charge is 0.255 e. The number of aliphatic imine (C=N–C) groups is 2. The summed E-state index contributed by atoms with van der Waals surface area (Å²) in [6.45, 7) is 0. The molecule has 0 saturated heterocycles. The van der Waals surface area contributed by atoms with Crippen LogP contribution >= 0.6 is 0 Å². The van der Waals surface area contributed by atoms with Crippen LogP contribution in [-0.4, -0.2) is 12.4 Å². The number of nitrogens with zero attached hydrogens (tertiary/aromatic N) is 2. The monoisotopic (exact) mass is 314 g/mol. The molecule has 0 aromatic heterocycles. The van der Waals surface area contributed by atoms with Crippen LogP contribution in [0.4, 0.5) is 11.4 Å². The predicted octanol–water partition coefficient (Wildman–Crippen LogP) is 3.79. The Kier molecular flexibility index (Phi) is 6.10. The maximum atomic E-state index is 4.25. The van der Waals surface area contributed by atoms with Crippen molar-refractivity contribution in [1.29, 1.82) is 0 Å². The minimum Gasteiger partial charge on any atom is -0.255 e. The van der Waals surface area contributed by atoms with Crippen molar-refractivity contribution in [3.63, 3.8) is 0 Å². The van der Waals surface area contributed by atoms with Gasteiger partial charge in [0.05, 0.1) is 11.4 Å². The standard InChI is InChI=1S/C14H12N2.Pd/c1-3-7-13(8-4-1)15-11-12-16-14-9-5-2-6-10-14;/h1-12H;. The molecule has 0 aliphatic rings. The van der Waals surface area contributed by atoms with Crippen LogP contribution in [0.15, 0.2) is 70.6 Å². The van der Waals surface area contributed by atoms with E-state index in [0.29, 0.717) is 0 Å². The van der Waals surface area contributed by atoms with E-state index in [1.807, 2.05) is 60.7 Å². The molecule has 0 N–H and O–H groups in total. The summed E-state index contributed by atoms with van der Waals surface area (Å²) in [5.74, 6) is 0. The average Bonchev–Trinajstić information content (AvgIpc) is 2.37. The first-order valence-electron chi connectivity index (χ1n) is 5.12. The van der Waals surface area contributed by atoms with Crippen molar-refractivity contribution < 1.29 is 20.4 Å². The Bertz CT molecular complexity index is 431. The van der Waals surface area contributed by atoms with Crippen LogP contribution in [0.3, 0.4) is 0 Å². The van der Waals surface area contributed by atoms with Gasteiger partial charge in [-0.2, -0.15) is 0 Å². The topological polar surface area (TPSA) is 24.7 Å². The summed E-state index contributed by atoms with van der Waals surface area (Å²) in [6.07, 6.45) is 3.39. The van der Waals surface area contributed by atoms with Crippen molar-refractivity contribution >= 4 is 23.8 Å². The molecule has 2 aromatic rings. The molecule has 0 saturated carbocycles.